The predicted molar refractivity (Wildman–Crippen MR) is 72.2 cm³/mol. The van der Waals surface area contributed by atoms with Crippen LogP contribution in [0.4, 0.5) is 0 Å². The van der Waals surface area contributed by atoms with Crippen LogP contribution in [0, 0.1) is 0 Å². The Labute approximate surface area is 107 Å². The van der Waals surface area contributed by atoms with Crippen molar-refractivity contribution >= 4 is 0 Å². The summed E-state index contributed by atoms with van der Waals surface area (Å²) < 4.78 is 5.80. The number of hydrogen-bond donors (Lipinski definition) is 1. The Morgan fingerprint density at radius 1 is 0.882 bits per heavy atom. The van der Waals surface area contributed by atoms with Gasteiger partial charge in [-0.2, -0.15) is 0 Å². The summed E-state index contributed by atoms with van der Waals surface area (Å²) in [5.74, 6) is 0. The molecule has 0 aromatic carbocycles. The van der Waals surface area contributed by atoms with Crippen LogP contribution >= 0.6 is 0 Å². The van der Waals surface area contributed by atoms with Gasteiger partial charge < -0.3 is 9.84 Å². The molecular weight excluding hydrogens is 212 g/mol. The number of aliphatic hydroxyl groups is 1. The average Bonchev–Trinajstić information content (AvgIpc) is 2.33. The van der Waals surface area contributed by atoms with Gasteiger partial charge in [0.05, 0.1) is 12.2 Å². The minimum atomic E-state index is -0.235. The van der Waals surface area contributed by atoms with Crippen molar-refractivity contribution in [2.75, 3.05) is 6.61 Å². The number of rotatable bonds is 3. The Morgan fingerprint density at radius 3 is 2.00 bits per heavy atom. The monoisotopic (exact) mass is 242 g/mol. The highest BCUT2D eigenvalue weighted by Crippen LogP contribution is 2.19. The van der Waals surface area contributed by atoms with Crippen molar-refractivity contribution in [3.05, 3.63) is 0 Å². The van der Waals surface area contributed by atoms with Gasteiger partial charge in [-0.25, -0.2) is 0 Å². The SMILES string of the molecule is CCCOC1CCCCCCCCCCC1O. The van der Waals surface area contributed by atoms with Crippen LogP contribution in [0.15, 0.2) is 0 Å². The molecule has 0 spiro atoms. The fourth-order valence-corrected chi connectivity index (χ4v) is 2.60. The van der Waals surface area contributed by atoms with Gasteiger partial charge in [0.25, 0.3) is 0 Å². The molecule has 2 heteroatoms. The highest BCUT2D eigenvalue weighted by Gasteiger charge is 2.19. The molecule has 0 saturated heterocycles. The van der Waals surface area contributed by atoms with Crippen molar-refractivity contribution in [2.45, 2.75) is 89.8 Å². The maximum Gasteiger partial charge on any atom is 0.0833 e. The molecule has 0 heterocycles. The molecule has 0 aromatic heterocycles. The van der Waals surface area contributed by atoms with Gasteiger partial charge in [-0.05, 0) is 19.3 Å². The van der Waals surface area contributed by atoms with E-state index in [1.54, 1.807) is 0 Å². The predicted octanol–water partition coefficient (Wildman–Crippen LogP) is 4.06. The topological polar surface area (TPSA) is 29.5 Å². The minimum absolute atomic E-state index is 0.0920. The quantitative estimate of drug-likeness (QED) is 0.808. The molecule has 2 nitrogen and oxygen atoms in total. The lowest BCUT2D eigenvalue weighted by Crippen LogP contribution is -2.29. The first-order valence-corrected chi connectivity index (χ1v) is 7.64. The smallest absolute Gasteiger partial charge is 0.0833 e. The highest BCUT2D eigenvalue weighted by atomic mass is 16.5. The van der Waals surface area contributed by atoms with E-state index in [-0.39, 0.29) is 12.2 Å². The van der Waals surface area contributed by atoms with E-state index < -0.39 is 0 Å². The van der Waals surface area contributed by atoms with E-state index in [4.69, 9.17) is 4.74 Å². The minimum Gasteiger partial charge on any atom is -0.390 e. The van der Waals surface area contributed by atoms with Crippen LogP contribution in [0.2, 0.25) is 0 Å². The van der Waals surface area contributed by atoms with Crippen molar-refractivity contribution in [2.24, 2.45) is 0 Å². The fraction of sp³-hybridized carbons (Fsp3) is 1.00. The van der Waals surface area contributed by atoms with E-state index in [9.17, 15) is 5.11 Å². The van der Waals surface area contributed by atoms with Crippen LogP contribution in [-0.2, 0) is 4.74 Å². The third kappa shape index (κ3) is 7.05. The number of aliphatic hydroxyl groups excluding tert-OH is 1. The third-order valence-electron chi connectivity index (χ3n) is 3.70. The van der Waals surface area contributed by atoms with E-state index >= 15 is 0 Å². The summed E-state index contributed by atoms with van der Waals surface area (Å²) in [6.45, 7) is 2.92. The van der Waals surface area contributed by atoms with Crippen LogP contribution < -0.4 is 0 Å². The maximum absolute atomic E-state index is 10.2. The lowest BCUT2D eigenvalue weighted by Gasteiger charge is -2.24. The molecule has 1 saturated carbocycles. The van der Waals surface area contributed by atoms with Gasteiger partial charge in [0, 0.05) is 6.61 Å². The largest absolute Gasteiger partial charge is 0.390 e. The molecule has 1 aliphatic carbocycles. The van der Waals surface area contributed by atoms with E-state index in [0.717, 1.165) is 32.3 Å². The van der Waals surface area contributed by atoms with Crippen molar-refractivity contribution in [1.82, 2.24) is 0 Å². The summed E-state index contributed by atoms with van der Waals surface area (Å²) in [7, 11) is 0. The first-order chi connectivity index (χ1) is 8.34. The van der Waals surface area contributed by atoms with Crippen LogP contribution in [0.5, 0.6) is 0 Å². The Hall–Kier alpha value is -0.0800. The van der Waals surface area contributed by atoms with Crippen molar-refractivity contribution in [3.63, 3.8) is 0 Å². The number of ether oxygens (including phenoxy) is 1. The Kier molecular flexibility index (Phi) is 8.72. The van der Waals surface area contributed by atoms with Crippen LogP contribution in [0.25, 0.3) is 0 Å². The van der Waals surface area contributed by atoms with E-state index in [2.05, 4.69) is 6.92 Å². The van der Waals surface area contributed by atoms with Crippen molar-refractivity contribution in [3.8, 4) is 0 Å². The third-order valence-corrected chi connectivity index (χ3v) is 3.70. The summed E-state index contributed by atoms with van der Waals surface area (Å²) >= 11 is 0. The van der Waals surface area contributed by atoms with Gasteiger partial charge in [-0.3, -0.25) is 0 Å². The first kappa shape index (κ1) is 15.0. The molecule has 0 bridgehead atoms. The zero-order valence-electron chi connectivity index (χ0n) is 11.5. The molecule has 1 aliphatic rings. The van der Waals surface area contributed by atoms with E-state index in [0.29, 0.717) is 0 Å². The average molecular weight is 242 g/mol. The molecule has 1 N–H and O–H groups in total. The molecule has 2 unspecified atom stereocenters. The second kappa shape index (κ2) is 9.90. The molecule has 2 atom stereocenters. The standard InChI is InChI=1S/C15H30O2/c1-2-13-17-15-12-10-8-6-4-3-5-7-9-11-14(15)16/h14-16H,2-13H2,1H3. The molecule has 0 amide bonds. The number of hydrogen-bond acceptors (Lipinski definition) is 2. The first-order valence-electron chi connectivity index (χ1n) is 7.64. The molecule has 1 rings (SSSR count). The second-order valence-electron chi connectivity index (χ2n) is 5.38. The second-order valence-corrected chi connectivity index (χ2v) is 5.38. The van der Waals surface area contributed by atoms with E-state index in [1.807, 2.05) is 0 Å². The van der Waals surface area contributed by atoms with E-state index in [1.165, 1.54) is 44.9 Å². The Balaban J connectivity index is 2.33. The molecule has 0 aromatic rings. The molecule has 0 aliphatic heterocycles. The Morgan fingerprint density at radius 2 is 1.41 bits per heavy atom. The molecule has 102 valence electrons. The lowest BCUT2D eigenvalue weighted by atomic mass is 9.97. The zero-order valence-corrected chi connectivity index (χ0v) is 11.5. The maximum atomic E-state index is 10.2. The fourth-order valence-electron chi connectivity index (χ4n) is 2.60. The van der Waals surface area contributed by atoms with Gasteiger partial charge in [-0.15, -0.1) is 0 Å². The Bertz CT molecular complexity index is 170. The molecule has 0 radical (unpaired) electrons. The summed E-state index contributed by atoms with van der Waals surface area (Å²) in [6.07, 6.45) is 13.3. The van der Waals surface area contributed by atoms with Crippen LogP contribution in [-0.4, -0.2) is 23.9 Å². The normalized spacial score (nSPS) is 29.3. The highest BCUT2D eigenvalue weighted by molar-refractivity contribution is 4.70. The van der Waals surface area contributed by atoms with Gasteiger partial charge in [-0.1, -0.05) is 58.3 Å². The summed E-state index contributed by atoms with van der Waals surface area (Å²) in [6, 6.07) is 0. The summed E-state index contributed by atoms with van der Waals surface area (Å²) in [5.41, 5.74) is 0. The summed E-state index contributed by atoms with van der Waals surface area (Å²) in [4.78, 5) is 0. The molecule has 17 heavy (non-hydrogen) atoms. The van der Waals surface area contributed by atoms with Crippen LogP contribution in [0.3, 0.4) is 0 Å². The van der Waals surface area contributed by atoms with Gasteiger partial charge >= 0.3 is 0 Å². The lowest BCUT2D eigenvalue weighted by molar-refractivity contribution is -0.0462. The zero-order chi connectivity index (χ0) is 12.3. The van der Waals surface area contributed by atoms with Crippen LogP contribution in [0.1, 0.15) is 77.6 Å². The summed E-state index contributed by atoms with van der Waals surface area (Å²) in [5, 5.41) is 10.2. The van der Waals surface area contributed by atoms with Gasteiger partial charge in [0.15, 0.2) is 0 Å². The van der Waals surface area contributed by atoms with Gasteiger partial charge in [0.1, 0.15) is 0 Å². The van der Waals surface area contributed by atoms with Crippen molar-refractivity contribution in [1.29, 1.82) is 0 Å². The van der Waals surface area contributed by atoms with Crippen molar-refractivity contribution < 1.29 is 9.84 Å². The van der Waals surface area contributed by atoms with Gasteiger partial charge in [0.2, 0.25) is 0 Å². The molecular formula is C15H30O2. The molecule has 1 fully saturated rings.